The van der Waals surface area contributed by atoms with Crippen molar-refractivity contribution in [3.8, 4) is 0 Å². The van der Waals surface area contributed by atoms with Gasteiger partial charge in [-0.3, -0.25) is 4.79 Å². The van der Waals surface area contributed by atoms with Gasteiger partial charge in [0, 0.05) is 6.42 Å². The molecule has 0 fully saturated rings. The summed E-state index contributed by atoms with van der Waals surface area (Å²) in [7, 11) is 0. The number of hydrogen-bond acceptors (Lipinski definition) is 3. The quantitative estimate of drug-likeness (QED) is 0.0446. The maximum Gasteiger partial charge on any atom is 0.220 e. The Morgan fingerprint density at radius 2 is 0.771 bits per heavy atom. The molecule has 0 saturated heterocycles. The third-order valence-corrected chi connectivity index (χ3v) is 10.3. The number of unbranched alkanes of at least 4 members (excludes halogenated alkanes) is 33. The van der Waals surface area contributed by atoms with Crippen LogP contribution in [0.2, 0.25) is 0 Å². The Kier molecular flexibility index (Phi) is 39.8. The van der Waals surface area contributed by atoms with Gasteiger partial charge in [0.2, 0.25) is 5.91 Å². The summed E-state index contributed by atoms with van der Waals surface area (Å²) in [4.78, 5) is 12.4. The molecule has 0 radical (unpaired) electrons. The van der Waals surface area contributed by atoms with Crippen LogP contribution in [0.15, 0.2) is 12.2 Å². The Morgan fingerprint density at radius 1 is 0.479 bits per heavy atom. The third-order valence-electron chi connectivity index (χ3n) is 10.3. The second-order valence-electron chi connectivity index (χ2n) is 15.1. The molecular weight excluding hydrogens is 590 g/mol. The van der Waals surface area contributed by atoms with E-state index in [0.29, 0.717) is 6.42 Å². The molecule has 0 aliphatic heterocycles. The molecule has 0 spiro atoms. The molecule has 0 bridgehead atoms. The van der Waals surface area contributed by atoms with E-state index in [0.717, 1.165) is 25.7 Å². The van der Waals surface area contributed by atoms with Crippen LogP contribution in [0.25, 0.3) is 0 Å². The molecule has 0 aliphatic rings. The molecule has 0 aliphatic carbocycles. The predicted molar refractivity (Wildman–Crippen MR) is 212 cm³/mol. The lowest BCUT2D eigenvalue weighted by molar-refractivity contribution is -0.123. The highest BCUT2D eigenvalue weighted by molar-refractivity contribution is 5.76. The molecule has 1 amide bonds. The number of amides is 1. The summed E-state index contributed by atoms with van der Waals surface area (Å²) in [5, 5.41) is 23.0. The topological polar surface area (TPSA) is 69.6 Å². The summed E-state index contributed by atoms with van der Waals surface area (Å²) in [6.07, 6.45) is 50.3. The van der Waals surface area contributed by atoms with Crippen molar-refractivity contribution in [2.24, 2.45) is 0 Å². The molecule has 286 valence electrons. The van der Waals surface area contributed by atoms with Gasteiger partial charge in [-0.1, -0.05) is 231 Å². The molecule has 0 aromatic carbocycles. The Morgan fingerprint density at radius 3 is 1.08 bits per heavy atom. The Labute approximate surface area is 301 Å². The molecule has 4 heteroatoms. The minimum absolute atomic E-state index is 0.0602. The van der Waals surface area contributed by atoms with Gasteiger partial charge >= 0.3 is 0 Å². The Balaban J connectivity index is 3.52. The van der Waals surface area contributed by atoms with Crippen molar-refractivity contribution in [3.63, 3.8) is 0 Å². The van der Waals surface area contributed by atoms with E-state index in [1.54, 1.807) is 6.08 Å². The first-order chi connectivity index (χ1) is 23.7. The average molecular weight is 678 g/mol. The van der Waals surface area contributed by atoms with Crippen molar-refractivity contribution < 1.29 is 15.0 Å². The molecule has 0 aromatic heterocycles. The molecule has 4 nitrogen and oxygen atoms in total. The molecule has 3 N–H and O–H groups in total. The largest absolute Gasteiger partial charge is 0.394 e. The van der Waals surface area contributed by atoms with Gasteiger partial charge in [0.25, 0.3) is 0 Å². The van der Waals surface area contributed by atoms with Crippen LogP contribution in [0.5, 0.6) is 0 Å². The number of carbonyl (C=O) groups excluding carboxylic acids is 1. The molecule has 0 heterocycles. The van der Waals surface area contributed by atoms with Gasteiger partial charge in [-0.05, 0) is 19.3 Å². The summed E-state index contributed by atoms with van der Waals surface area (Å²) in [5.74, 6) is -0.0602. The van der Waals surface area contributed by atoms with Crippen LogP contribution in [0.4, 0.5) is 0 Å². The number of rotatable bonds is 40. The molecule has 48 heavy (non-hydrogen) atoms. The van der Waals surface area contributed by atoms with E-state index in [-0.39, 0.29) is 12.5 Å². The van der Waals surface area contributed by atoms with Crippen molar-refractivity contribution in [1.82, 2.24) is 5.32 Å². The van der Waals surface area contributed by atoms with Crippen LogP contribution in [0.1, 0.15) is 245 Å². The Hall–Kier alpha value is -0.870. The fourth-order valence-electron chi connectivity index (χ4n) is 6.89. The fraction of sp³-hybridized carbons (Fsp3) is 0.932. The zero-order valence-corrected chi connectivity index (χ0v) is 32.8. The van der Waals surface area contributed by atoms with E-state index < -0.39 is 12.1 Å². The van der Waals surface area contributed by atoms with Crippen LogP contribution in [0, 0.1) is 0 Å². The second kappa shape index (κ2) is 40.6. The van der Waals surface area contributed by atoms with Gasteiger partial charge in [0.15, 0.2) is 0 Å². The number of aliphatic hydroxyl groups excluding tert-OH is 2. The molecular formula is C44H87NO3. The predicted octanol–water partition coefficient (Wildman–Crippen LogP) is 13.5. The highest BCUT2D eigenvalue weighted by Crippen LogP contribution is 2.16. The number of nitrogens with one attached hydrogen (secondary N) is 1. The van der Waals surface area contributed by atoms with Gasteiger partial charge in [0.05, 0.1) is 18.8 Å². The van der Waals surface area contributed by atoms with Gasteiger partial charge in [-0.25, -0.2) is 0 Å². The van der Waals surface area contributed by atoms with Crippen LogP contribution in [0.3, 0.4) is 0 Å². The molecule has 2 atom stereocenters. The van der Waals surface area contributed by atoms with E-state index in [2.05, 4.69) is 19.2 Å². The minimum Gasteiger partial charge on any atom is -0.394 e. The number of hydrogen-bond donors (Lipinski definition) is 3. The van der Waals surface area contributed by atoms with Gasteiger partial charge < -0.3 is 15.5 Å². The number of carbonyl (C=O) groups is 1. The maximum atomic E-state index is 12.4. The van der Waals surface area contributed by atoms with Gasteiger partial charge in [-0.2, -0.15) is 0 Å². The smallest absolute Gasteiger partial charge is 0.220 e. The summed E-state index contributed by atoms with van der Waals surface area (Å²) >= 11 is 0. The SMILES string of the molecule is CCCCCCCCCCCCCCCCCCCCC/C=C/C(O)C(CO)NC(=O)CCCCCCCCCCCCCCCCC. The normalized spacial score (nSPS) is 13.0. The number of aliphatic hydroxyl groups is 2. The molecule has 2 unspecified atom stereocenters. The van der Waals surface area contributed by atoms with Crippen molar-refractivity contribution in [2.45, 2.75) is 257 Å². The molecule has 0 saturated carbocycles. The van der Waals surface area contributed by atoms with Crippen LogP contribution in [-0.2, 0) is 4.79 Å². The van der Waals surface area contributed by atoms with Crippen molar-refractivity contribution in [1.29, 1.82) is 0 Å². The first-order valence-corrected chi connectivity index (χ1v) is 21.9. The average Bonchev–Trinajstić information content (AvgIpc) is 3.09. The minimum atomic E-state index is -0.833. The van der Waals surface area contributed by atoms with Crippen LogP contribution < -0.4 is 5.32 Å². The molecule has 0 rings (SSSR count). The lowest BCUT2D eigenvalue weighted by Gasteiger charge is -2.20. The summed E-state index contributed by atoms with van der Waals surface area (Å²) < 4.78 is 0. The van der Waals surface area contributed by atoms with E-state index in [1.165, 1.54) is 199 Å². The Bertz CT molecular complexity index is 651. The standard InChI is InChI=1S/C44H87NO3/c1-3-5-7-9-11-13-15-17-19-20-21-22-23-24-26-27-29-31-33-35-37-39-43(47)42(41-46)45-44(48)40-38-36-34-32-30-28-25-18-16-14-12-10-8-6-4-2/h37,39,42-43,46-47H,3-36,38,40-41H2,1-2H3,(H,45,48)/b39-37+. The zero-order valence-electron chi connectivity index (χ0n) is 32.8. The summed E-state index contributed by atoms with van der Waals surface area (Å²) in [5.41, 5.74) is 0. The summed E-state index contributed by atoms with van der Waals surface area (Å²) in [6.45, 7) is 4.33. The second-order valence-corrected chi connectivity index (χ2v) is 15.1. The van der Waals surface area contributed by atoms with Crippen molar-refractivity contribution >= 4 is 5.91 Å². The van der Waals surface area contributed by atoms with Crippen LogP contribution >= 0.6 is 0 Å². The fourth-order valence-corrected chi connectivity index (χ4v) is 6.89. The number of allylic oxidation sites excluding steroid dienone is 1. The third kappa shape index (κ3) is 36.4. The summed E-state index contributed by atoms with van der Waals surface area (Å²) in [6, 6.07) is -0.616. The van der Waals surface area contributed by atoms with E-state index in [4.69, 9.17) is 0 Å². The zero-order chi connectivity index (χ0) is 35.0. The monoisotopic (exact) mass is 678 g/mol. The van der Waals surface area contributed by atoms with E-state index in [9.17, 15) is 15.0 Å². The highest BCUT2D eigenvalue weighted by Gasteiger charge is 2.17. The van der Waals surface area contributed by atoms with Crippen molar-refractivity contribution in [2.75, 3.05) is 6.61 Å². The van der Waals surface area contributed by atoms with Gasteiger partial charge in [-0.15, -0.1) is 0 Å². The van der Waals surface area contributed by atoms with E-state index in [1.807, 2.05) is 6.08 Å². The highest BCUT2D eigenvalue weighted by atomic mass is 16.3. The molecule has 0 aromatic rings. The van der Waals surface area contributed by atoms with Crippen molar-refractivity contribution in [3.05, 3.63) is 12.2 Å². The maximum absolute atomic E-state index is 12.4. The lowest BCUT2D eigenvalue weighted by atomic mass is 10.0. The van der Waals surface area contributed by atoms with E-state index >= 15 is 0 Å². The van der Waals surface area contributed by atoms with Gasteiger partial charge in [0.1, 0.15) is 0 Å². The first-order valence-electron chi connectivity index (χ1n) is 21.9. The lowest BCUT2D eigenvalue weighted by Crippen LogP contribution is -2.45. The van der Waals surface area contributed by atoms with Crippen LogP contribution in [-0.4, -0.2) is 34.9 Å². The first kappa shape index (κ1) is 47.1.